The summed E-state index contributed by atoms with van der Waals surface area (Å²) >= 11 is 11.9. The van der Waals surface area contributed by atoms with Gasteiger partial charge in [-0.05, 0) is 36.2 Å². The molecule has 1 aliphatic rings. The third kappa shape index (κ3) is 3.38. The van der Waals surface area contributed by atoms with E-state index in [1.54, 1.807) is 24.4 Å². The van der Waals surface area contributed by atoms with Crippen LogP contribution in [0.5, 0.6) is 0 Å². The molecule has 0 fully saturated rings. The average Bonchev–Trinajstić information content (AvgIpc) is 2.99. The number of hydrogen-bond donors (Lipinski definition) is 1. The highest BCUT2D eigenvalue weighted by molar-refractivity contribution is 6.36. The number of benzene rings is 2. The van der Waals surface area contributed by atoms with Gasteiger partial charge in [-0.3, -0.25) is 4.79 Å². The lowest BCUT2D eigenvalue weighted by atomic mass is 10.2. The molecule has 120 valence electrons. The van der Waals surface area contributed by atoms with Crippen molar-refractivity contribution in [3.8, 4) is 6.07 Å². The molecule has 0 spiro atoms. The fourth-order valence-corrected chi connectivity index (χ4v) is 2.91. The second-order valence-electron chi connectivity index (χ2n) is 5.30. The Labute approximate surface area is 149 Å². The molecule has 0 aliphatic carbocycles. The maximum Gasteiger partial charge on any atom is 0.267 e. The first-order chi connectivity index (χ1) is 11.6. The maximum absolute atomic E-state index is 12.4. The molecule has 4 nitrogen and oxygen atoms in total. The van der Waals surface area contributed by atoms with Crippen LogP contribution in [-0.2, 0) is 11.2 Å². The number of hydrogen-bond acceptors (Lipinski definition) is 3. The first-order valence-electron chi connectivity index (χ1n) is 7.31. The lowest BCUT2D eigenvalue weighted by Crippen LogP contribution is -2.19. The molecule has 2 aromatic carbocycles. The van der Waals surface area contributed by atoms with E-state index in [4.69, 9.17) is 23.2 Å². The molecule has 6 heteroatoms. The van der Waals surface area contributed by atoms with Gasteiger partial charge in [0, 0.05) is 23.5 Å². The Bertz CT molecular complexity index is 871. The minimum Gasteiger partial charge on any atom is -0.346 e. The Morgan fingerprint density at radius 2 is 2.04 bits per heavy atom. The van der Waals surface area contributed by atoms with Crippen molar-refractivity contribution < 1.29 is 4.79 Å². The van der Waals surface area contributed by atoms with Crippen LogP contribution in [-0.4, -0.2) is 12.5 Å². The summed E-state index contributed by atoms with van der Waals surface area (Å²) in [5, 5.41) is 12.8. The van der Waals surface area contributed by atoms with Crippen molar-refractivity contribution in [3.63, 3.8) is 0 Å². The Morgan fingerprint density at radius 1 is 1.25 bits per heavy atom. The van der Waals surface area contributed by atoms with Gasteiger partial charge in [0.25, 0.3) is 5.91 Å². The van der Waals surface area contributed by atoms with Crippen molar-refractivity contribution in [2.24, 2.45) is 0 Å². The smallest absolute Gasteiger partial charge is 0.267 e. The quantitative estimate of drug-likeness (QED) is 0.654. The van der Waals surface area contributed by atoms with Gasteiger partial charge in [0.1, 0.15) is 11.6 Å². The number of halogens is 2. The van der Waals surface area contributed by atoms with Crippen molar-refractivity contribution in [2.45, 2.75) is 6.42 Å². The second kappa shape index (κ2) is 6.96. The number of carbonyl (C=O) groups excluding carboxylic acids is 1. The zero-order chi connectivity index (χ0) is 17.1. The monoisotopic (exact) mass is 357 g/mol. The summed E-state index contributed by atoms with van der Waals surface area (Å²) in [6, 6.07) is 14.6. The zero-order valence-corrected chi connectivity index (χ0v) is 14.1. The highest BCUT2D eigenvalue weighted by Gasteiger charge is 2.19. The van der Waals surface area contributed by atoms with Gasteiger partial charge in [-0.25, -0.2) is 0 Å². The fraction of sp³-hybridized carbons (Fsp3) is 0.111. The predicted molar refractivity (Wildman–Crippen MR) is 96.3 cm³/mol. The van der Waals surface area contributed by atoms with Gasteiger partial charge in [-0.2, -0.15) is 5.26 Å². The van der Waals surface area contributed by atoms with E-state index >= 15 is 0 Å². The van der Waals surface area contributed by atoms with Gasteiger partial charge < -0.3 is 10.2 Å². The number of anilines is 2. The van der Waals surface area contributed by atoms with Gasteiger partial charge in [0.15, 0.2) is 0 Å². The standard InChI is InChI=1S/C18H13Cl2N3O/c19-14-5-6-15(20)16(9-14)22-18(24)13(10-21)11-23-8-7-12-3-1-2-4-17(12)23/h1-6,9,11H,7-8H2,(H,22,24)/b13-11-. The van der Waals surface area contributed by atoms with Crippen LogP contribution in [0.15, 0.2) is 54.2 Å². The molecule has 0 saturated heterocycles. The van der Waals surface area contributed by atoms with Crippen molar-refractivity contribution in [1.82, 2.24) is 0 Å². The first kappa shape index (κ1) is 16.4. The molecule has 2 aromatic rings. The van der Waals surface area contributed by atoms with E-state index in [0.717, 1.165) is 18.7 Å². The second-order valence-corrected chi connectivity index (χ2v) is 6.15. The Hall–Kier alpha value is -2.48. The Balaban J connectivity index is 1.83. The number of nitrogens with zero attached hydrogens (tertiary/aromatic N) is 2. The highest BCUT2D eigenvalue weighted by atomic mass is 35.5. The summed E-state index contributed by atoms with van der Waals surface area (Å²) in [6.07, 6.45) is 2.45. The van der Waals surface area contributed by atoms with Gasteiger partial charge in [0.2, 0.25) is 0 Å². The molecule has 1 N–H and O–H groups in total. The summed E-state index contributed by atoms with van der Waals surface area (Å²) in [5.41, 5.74) is 2.59. The summed E-state index contributed by atoms with van der Waals surface area (Å²) in [4.78, 5) is 14.3. The summed E-state index contributed by atoms with van der Waals surface area (Å²) < 4.78 is 0. The number of fused-ring (bicyclic) bond motifs is 1. The normalized spacial score (nSPS) is 13.4. The third-order valence-corrected chi connectivity index (χ3v) is 4.31. The molecular formula is C18H13Cl2N3O. The average molecular weight is 358 g/mol. The van der Waals surface area contributed by atoms with Crippen LogP contribution < -0.4 is 10.2 Å². The number of rotatable bonds is 3. The summed E-state index contributed by atoms with van der Waals surface area (Å²) in [5.74, 6) is -0.522. The SMILES string of the molecule is N#C/C(=C/N1CCc2ccccc21)C(=O)Nc1cc(Cl)ccc1Cl. The van der Waals surface area contributed by atoms with Crippen LogP contribution in [0.2, 0.25) is 10.0 Å². The van der Waals surface area contributed by atoms with Crippen LogP contribution >= 0.6 is 23.2 Å². The predicted octanol–water partition coefficient (Wildman–Crippen LogP) is 4.40. The topological polar surface area (TPSA) is 56.1 Å². The van der Waals surface area contributed by atoms with Crippen LogP contribution in [0.1, 0.15) is 5.56 Å². The van der Waals surface area contributed by atoms with Crippen molar-refractivity contribution in [3.05, 3.63) is 69.8 Å². The lowest BCUT2D eigenvalue weighted by Gasteiger charge is -2.15. The molecule has 0 unspecified atom stereocenters. The molecule has 24 heavy (non-hydrogen) atoms. The van der Waals surface area contributed by atoms with Gasteiger partial charge in [0.05, 0.1) is 10.7 Å². The van der Waals surface area contributed by atoms with E-state index in [0.29, 0.717) is 15.7 Å². The van der Waals surface area contributed by atoms with E-state index in [-0.39, 0.29) is 5.57 Å². The van der Waals surface area contributed by atoms with Crippen LogP contribution in [0, 0.1) is 11.3 Å². The van der Waals surface area contributed by atoms with Crippen molar-refractivity contribution in [1.29, 1.82) is 5.26 Å². The molecule has 0 bridgehead atoms. The Kier molecular flexibility index (Phi) is 4.75. The molecule has 0 radical (unpaired) electrons. The van der Waals surface area contributed by atoms with Crippen molar-refractivity contribution in [2.75, 3.05) is 16.8 Å². The molecule has 0 saturated carbocycles. The molecule has 0 atom stereocenters. The number of para-hydroxylation sites is 1. The number of nitriles is 1. The zero-order valence-electron chi connectivity index (χ0n) is 12.6. The van der Waals surface area contributed by atoms with Gasteiger partial charge >= 0.3 is 0 Å². The number of carbonyl (C=O) groups is 1. The van der Waals surface area contributed by atoms with Gasteiger partial charge in [-0.15, -0.1) is 0 Å². The Morgan fingerprint density at radius 3 is 2.83 bits per heavy atom. The van der Waals surface area contributed by atoms with Crippen LogP contribution in [0.3, 0.4) is 0 Å². The number of nitrogens with one attached hydrogen (secondary N) is 1. The van der Waals surface area contributed by atoms with Gasteiger partial charge in [-0.1, -0.05) is 41.4 Å². The molecule has 1 amide bonds. The lowest BCUT2D eigenvalue weighted by molar-refractivity contribution is -0.112. The minimum atomic E-state index is -0.522. The van der Waals surface area contributed by atoms with E-state index < -0.39 is 5.91 Å². The van der Waals surface area contributed by atoms with Crippen molar-refractivity contribution >= 4 is 40.5 Å². The third-order valence-electron chi connectivity index (χ3n) is 3.75. The van der Waals surface area contributed by atoms with E-state index in [1.807, 2.05) is 35.2 Å². The van der Waals surface area contributed by atoms with E-state index in [1.165, 1.54) is 5.56 Å². The molecule has 0 aromatic heterocycles. The molecular weight excluding hydrogens is 345 g/mol. The molecule has 3 rings (SSSR count). The van der Waals surface area contributed by atoms with Crippen LogP contribution in [0.4, 0.5) is 11.4 Å². The van der Waals surface area contributed by atoms with E-state index in [2.05, 4.69) is 5.32 Å². The molecule has 1 heterocycles. The highest BCUT2D eigenvalue weighted by Crippen LogP contribution is 2.29. The van der Waals surface area contributed by atoms with Crippen LogP contribution in [0.25, 0.3) is 0 Å². The first-order valence-corrected chi connectivity index (χ1v) is 8.07. The summed E-state index contributed by atoms with van der Waals surface area (Å²) in [7, 11) is 0. The largest absolute Gasteiger partial charge is 0.346 e. The van der Waals surface area contributed by atoms with E-state index in [9.17, 15) is 10.1 Å². The number of amides is 1. The fourth-order valence-electron chi connectivity index (χ4n) is 2.57. The molecule has 1 aliphatic heterocycles. The summed E-state index contributed by atoms with van der Waals surface area (Å²) in [6.45, 7) is 0.732. The maximum atomic E-state index is 12.4. The minimum absolute atomic E-state index is 0.00254.